The lowest BCUT2D eigenvalue weighted by Gasteiger charge is -2.13. The topological polar surface area (TPSA) is 63.9 Å². The number of fused-ring (bicyclic) bond motifs is 1. The molecule has 0 amide bonds. The largest absolute Gasteiger partial charge is 0.456 e. The van der Waals surface area contributed by atoms with E-state index in [-0.39, 0.29) is 12.2 Å². The summed E-state index contributed by atoms with van der Waals surface area (Å²) in [6, 6.07) is 14.0. The zero-order valence-electron chi connectivity index (χ0n) is 14.4. The number of rotatable bonds is 4. The Bertz CT molecular complexity index is 993. The molecule has 3 aromatic rings. The summed E-state index contributed by atoms with van der Waals surface area (Å²) in [4.78, 5) is 30.8. The lowest BCUT2D eigenvalue weighted by molar-refractivity contribution is 0.0467. The minimum absolute atomic E-state index is 0.0509. The van der Waals surface area contributed by atoms with Gasteiger partial charge in [0.05, 0.1) is 11.3 Å². The molecule has 0 bridgehead atoms. The molecular weight excluding hydrogens is 318 g/mol. The van der Waals surface area contributed by atoms with Gasteiger partial charge in [-0.05, 0) is 37.3 Å². The number of benzene rings is 1. The van der Waals surface area contributed by atoms with Gasteiger partial charge in [0.2, 0.25) is 0 Å². The maximum atomic E-state index is 12.2. The lowest BCUT2D eigenvalue weighted by atomic mass is 10.2. The van der Waals surface area contributed by atoms with Crippen LogP contribution in [0.15, 0.2) is 53.3 Å². The van der Waals surface area contributed by atoms with Crippen molar-refractivity contribution in [2.45, 2.75) is 13.5 Å². The highest BCUT2D eigenvalue weighted by atomic mass is 16.5. The first-order chi connectivity index (χ1) is 12.0. The van der Waals surface area contributed by atoms with Crippen LogP contribution in [0.2, 0.25) is 0 Å². The van der Waals surface area contributed by atoms with Gasteiger partial charge < -0.3 is 9.64 Å². The fourth-order valence-electron chi connectivity index (χ4n) is 2.57. The Morgan fingerprint density at radius 3 is 2.68 bits per heavy atom. The van der Waals surface area contributed by atoms with Crippen molar-refractivity contribution in [2.75, 3.05) is 19.0 Å². The maximum absolute atomic E-state index is 12.2. The van der Waals surface area contributed by atoms with E-state index in [2.05, 4.69) is 4.98 Å². The molecule has 2 aromatic heterocycles. The standard InChI is InChI=1S/C19H19N3O3/c1-13-6-4-9-17-20-15(11-18(23)22(13)17)12-25-19(24)14-7-5-8-16(10-14)21(2)3/h4-11H,12H2,1-3H3. The number of hydrogen-bond donors (Lipinski definition) is 0. The highest BCUT2D eigenvalue weighted by Gasteiger charge is 2.11. The SMILES string of the molecule is Cc1cccc2nc(COC(=O)c3cccc(N(C)C)c3)cc(=O)n12. The van der Waals surface area contributed by atoms with Gasteiger partial charge in [0.1, 0.15) is 12.3 Å². The van der Waals surface area contributed by atoms with Gasteiger partial charge in [0, 0.05) is 31.5 Å². The number of carbonyl (C=O) groups is 1. The summed E-state index contributed by atoms with van der Waals surface area (Å²) in [5.74, 6) is -0.449. The zero-order chi connectivity index (χ0) is 18.0. The van der Waals surface area contributed by atoms with Gasteiger partial charge in [-0.15, -0.1) is 0 Å². The number of aromatic nitrogens is 2. The van der Waals surface area contributed by atoms with E-state index in [0.29, 0.717) is 16.9 Å². The number of anilines is 1. The molecule has 0 saturated heterocycles. The molecule has 0 N–H and O–H groups in total. The zero-order valence-corrected chi connectivity index (χ0v) is 14.4. The molecule has 0 fully saturated rings. The molecule has 128 valence electrons. The normalized spacial score (nSPS) is 10.7. The lowest BCUT2D eigenvalue weighted by Crippen LogP contribution is -2.18. The molecule has 1 aromatic carbocycles. The van der Waals surface area contributed by atoms with Crippen molar-refractivity contribution in [3.8, 4) is 0 Å². The monoisotopic (exact) mass is 337 g/mol. The van der Waals surface area contributed by atoms with Gasteiger partial charge in [-0.3, -0.25) is 9.20 Å². The maximum Gasteiger partial charge on any atom is 0.338 e. The van der Waals surface area contributed by atoms with Gasteiger partial charge in [-0.25, -0.2) is 9.78 Å². The Morgan fingerprint density at radius 1 is 1.16 bits per heavy atom. The molecule has 0 aliphatic heterocycles. The van der Waals surface area contributed by atoms with E-state index in [1.807, 2.05) is 44.1 Å². The Labute approximate surface area is 145 Å². The molecule has 0 unspecified atom stereocenters. The number of ether oxygens (including phenoxy) is 1. The van der Waals surface area contributed by atoms with Crippen LogP contribution in [0.4, 0.5) is 5.69 Å². The molecule has 3 rings (SSSR count). The van der Waals surface area contributed by atoms with Crippen LogP contribution in [-0.2, 0) is 11.3 Å². The molecule has 0 aliphatic carbocycles. The van der Waals surface area contributed by atoms with Crippen LogP contribution in [0.1, 0.15) is 21.7 Å². The second-order valence-electron chi connectivity index (χ2n) is 5.97. The van der Waals surface area contributed by atoms with E-state index in [0.717, 1.165) is 11.4 Å². The minimum atomic E-state index is -0.449. The average Bonchev–Trinajstić information content (AvgIpc) is 2.59. The van der Waals surface area contributed by atoms with E-state index >= 15 is 0 Å². The smallest absolute Gasteiger partial charge is 0.338 e. The van der Waals surface area contributed by atoms with Crippen molar-refractivity contribution in [1.29, 1.82) is 0 Å². The molecule has 2 heterocycles. The molecule has 0 aliphatic rings. The fraction of sp³-hybridized carbons (Fsp3) is 0.211. The molecule has 25 heavy (non-hydrogen) atoms. The average molecular weight is 337 g/mol. The third kappa shape index (κ3) is 3.52. The molecule has 6 nitrogen and oxygen atoms in total. The number of aryl methyl sites for hydroxylation is 1. The van der Waals surface area contributed by atoms with Gasteiger partial charge >= 0.3 is 5.97 Å². The molecule has 0 atom stereocenters. The molecular formula is C19H19N3O3. The van der Waals surface area contributed by atoms with E-state index in [4.69, 9.17) is 4.74 Å². The molecule has 6 heteroatoms. The number of carbonyl (C=O) groups excluding carboxylic acids is 1. The number of nitrogens with zero attached hydrogens (tertiary/aromatic N) is 3. The summed E-state index contributed by atoms with van der Waals surface area (Å²) < 4.78 is 6.83. The summed E-state index contributed by atoms with van der Waals surface area (Å²) in [6.45, 7) is 1.79. The summed E-state index contributed by atoms with van der Waals surface area (Å²) in [5.41, 5.74) is 2.94. The third-order valence-electron chi connectivity index (χ3n) is 3.88. The predicted molar refractivity (Wildman–Crippen MR) is 96.1 cm³/mol. The Balaban J connectivity index is 1.80. The summed E-state index contributed by atoms with van der Waals surface area (Å²) in [6.07, 6.45) is 0. The highest BCUT2D eigenvalue weighted by molar-refractivity contribution is 5.90. The van der Waals surface area contributed by atoms with Gasteiger partial charge in [-0.1, -0.05) is 12.1 Å². The van der Waals surface area contributed by atoms with Crippen LogP contribution in [-0.4, -0.2) is 29.4 Å². The van der Waals surface area contributed by atoms with Crippen LogP contribution < -0.4 is 10.5 Å². The summed E-state index contributed by atoms with van der Waals surface area (Å²) in [7, 11) is 3.80. The van der Waals surface area contributed by atoms with Crippen molar-refractivity contribution in [3.63, 3.8) is 0 Å². The van der Waals surface area contributed by atoms with Gasteiger partial charge in [0.15, 0.2) is 0 Å². The van der Waals surface area contributed by atoms with E-state index < -0.39 is 5.97 Å². The Hall–Kier alpha value is -3.15. The first-order valence-corrected chi connectivity index (χ1v) is 7.88. The predicted octanol–water partition coefficient (Wildman–Crippen LogP) is 2.43. The second-order valence-corrected chi connectivity index (χ2v) is 5.97. The molecule has 0 spiro atoms. The second kappa shape index (κ2) is 6.76. The van der Waals surface area contributed by atoms with Crippen molar-refractivity contribution in [2.24, 2.45) is 0 Å². The van der Waals surface area contributed by atoms with E-state index in [1.165, 1.54) is 10.5 Å². The number of esters is 1. The van der Waals surface area contributed by atoms with Crippen LogP contribution in [0, 0.1) is 6.92 Å². The molecule has 0 saturated carbocycles. The first-order valence-electron chi connectivity index (χ1n) is 7.88. The van der Waals surface area contributed by atoms with Crippen molar-refractivity contribution in [1.82, 2.24) is 9.38 Å². The fourth-order valence-corrected chi connectivity index (χ4v) is 2.57. The van der Waals surface area contributed by atoms with Crippen LogP contribution in [0.3, 0.4) is 0 Å². The van der Waals surface area contributed by atoms with Crippen molar-refractivity contribution in [3.05, 3.63) is 75.8 Å². The quantitative estimate of drug-likeness (QED) is 0.684. The highest BCUT2D eigenvalue weighted by Crippen LogP contribution is 2.14. The summed E-state index contributed by atoms with van der Waals surface area (Å²) in [5, 5.41) is 0. The van der Waals surface area contributed by atoms with Gasteiger partial charge in [-0.2, -0.15) is 0 Å². The Kier molecular flexibility index (Phi) is 4.52. The van der Waals surface area contributed by atoms with E-state index in [1.54, 1.807) is 24.3 Å². The van der Waals surface area contributed by atoms with Crippen molar-refractivity contribution >= 4 is 17.3 Å². The van der Waals surface area contributed by atoms with E-state index in [9.17, 15) is 9.59 Å². The minimum Gasteiger partial charge on any atom is -0.456 e. The Morgan fingerprint density at radius 2 is 1.92 bits per heavy atom. The number of pyridine rings is 1. The third-order valence-corrected chi connectivity index (χ3v) is 3.88. The first kappa shape index (κ1) is 16.7. The molecule has 0 radical (unpaired) electrons. The number of hydrogen-bond acceptors (Lipinski definition) is 5. The van der Waals surface area contributed by atoms with Crippen LogP contribution in [0.5, 0.6) is 0 Å². The van der Waals surface area contributed by atoms with Crippen molar-refractivity contribution < 1.29 is 9.53 Å². The summed E-state index contributed by atoms with van der Waals surface area (Å²) >= 11 is 0. The van der Waals surface area contributed by atoms with Crippen LogP contribution in [0.25, 0.3) is 5.65 Å². The van der Waals surface area contributed by atoms with Crippen LogP contribution >= 0.6 is 0 Å². The van der Waals surface area contributed by atoms with Gasteiger partial charge in [0.25, 0.3) is 5.56 Å².